The van der Waals surface area contributed by atoms with Gasteiger partial charge < -0.3 is 4.90 Å². The summed E-state index contributed by atoms with van der Waals surface area (Å²) in [6.07, 6.45) is 4.17. The van der Waals surface area contributed by atoms with Crippen LogP contribution in [0.1, 0.15) is 47.0 Å². The van der Waals surface area contributed by atoms with Crippen molar-refractivity contribution in [1.82, 2.24) is 4.90 Å². The lowest BCUT2D eigenvalue weighted by atomic mass is 9.61. The second-order valence-electron chi connectivity index (χ2n) is 6.86. The van der Waals surface area contributed by atoms with E-state index in [0.29, 0.717) is 16.4 Å². The fraction of sp³-hybridized carbons (Fsp3) is 1.00. The van der Waals surface area contributed by atoms with Crippen molar-refractivity contribution in [2.24, 2.45) is 10.8 Å². The molecule has 2 heteroatoms. The van der Waals surface area contributed by atoms with Crippen LogP contribution in [0.25, 0.3) is 0 Å². The van der Waals surface area contributed by atoms with Crippen LogP contribution < -0.4 is 0 Å². The standard InChI is InChI=1S/C12H23N.ClH/c1-10(2)6-11(3)8-12(4,7-10)13(5)9-11;/h6-9H2,1-5H3;1H. The highest BCUT2D eigenvalue weighted by atomic mass is 35.5. The molecule has 1 aliphatic carbocycles. The first-order chi connectivity index (χ1) is 5.75. The van der Waals surface area contributed by atoms with Gasteiger partial charge >= 0.3 is 0 Å². The van der Waals surface area contributed by atoms with Gasteiger partial charge in [-0.15, -0.1) is 12.4 Å². The minimum Gasteiger partial charge on any atom is -0.300 e. The molecule has 0 amide bonds. The Morgan fingerprint density at radius 3 is 2.00 bits per heavy atom. The van der Waals surface area contributed by atoms with Crippen molar-refractivity contribution in [2.75, 3.05) is 13.6 Å². The van der Waals surface area contributed by atoms with Crippen LogP contribution in [0.4, 0.5) is 0 Å². The van der Waals surface area contributed by atoms with Crippen molar-refractivity contribution in [3.8, 4) is 0 Å². The Labute approximate surface area is 94.7 Å². The summed E-state index contributed by atoms with van der Waals surface area (Å²) in [6.45, 7) is 11.1. The van der Waals surface area contributed by atoms with Gasteiger partial charge in [0.1, 0.15) is 0 Å². The van der Waals surface area contributed by atoms with E-state index in [0.717, 1.165) is 0 Å². The molecule has 2 aliphatic rings. The third-order valence-electron chi connectivity index (χ3n) is 4.11. The predicted molar refractivity (Wildman–Crippen MR) is 64.0 cm³/mol. The predicted octanol–water partition coefficient (Wildman–Crippen LogP) is 3.33. The van der Waals surface area contributed by atoms with E-state index < -0.39 is 0 Å². The van der Waals surface area contributed by atoms with Crippen LogP contribution in [0.5, 0.6) is 0 Å². The zero-order valence-corrected chi connectivity index (χ0v) is 11.0. The lowest BCUT2D eigenvalue weighted by molar-refractivity contribution is 0.0738. The molecule has 0 spiro atoms. The van der Waals surface area contributed by atoms with Gasteiger partial charge in [0.15, 0.2) is 0 Å². The molecule has 2 rings (SSSR count). The number of fused-ring (bicyclic) bond motifs is 2. The first-order valence-electron chi connectivity index (χ1n) is 5.46. The van der Waals surface area contributed by atoms with Crippen LogP contribution in [0.3, 0.4) is 0 Å². The zero-order chi connectivity index (χ0) is 9.91. The Kier molecular flexibility index (Phi) is 2.74. The number of likely N-dealkylation sites (tertiary alicyclic amines) is 1. The van der Waals surface area contributed by atoms with E-state index in [-0.39, 0.29) is 12.4 Å². The average Bonchev–Trinajstić information content (AvgIpc) is 1.93. The van der Waals surface area contributed by atoms with Crippen molar-refractivity contribution in [3.63, 3.8) is 0 Å². The normalized spacial score (nSPS) is 46.1. The van der Waals surface area contributed by atoms with E-state index in [1.807, 2.05) is 0 Å². The Morgan fingerprint density at radius 2 is 1.50 bits per heavy atom. The zero-order valence-electron chi connectivity index (χ0n) is 10.2. The molecule has 0 aromatic rings. The van der Waals surface area contributed by atoms with Gasteiger partial charge in [-0.3, -0.25) is 0 Å². The second kappa shape index (κ2) is 3.12. The quantitative estimate of drug-likeness (QED) is 0.602. The molecular weight excluding hydrogens is 194 g/mol. The summed E-state index contributed by atoms with van der Waals surface area (Å²) >= 11 is 0. The number of rotatable bonds is 0. The number of hydrogen-bond donors (Lipinski definition) is 0. The summed E-state index contributed by atoms with van der Waals surface area (Å²) in [5.41, 5.74) is 1.62. The highest BCUT2D eigenvalue weighted by Gasteiger charge is 2.54. The first-order valence-corrected chi connectivity index (χ1v) is 5.46. The molecule has 0 aromatic carbocycles. The van der Waals surface area contributed by atoms with Gasteiger partial charge in [-0.05, 0) is 44.1 Å². The van der Waals surface area contributed by atoms with E-state index in [1.54, 1.807) is 0 Å². The van der Waals surface area contributed by atoms with Gasteiger partial charge in [0.25, 0.3) is 0 Å². The third-order valence-corrected chi connectivity index (χ3v) is 4.11. The van der Waals surface area contributed by atoms with Crippen molar-refractivity contribution in [3.05, 3.63) is 0 Å². The van der Waals surface area contributed by atoms with Crippen LogP contribution in [-0.2, 0) is 0 Å². The molecule has 0 aromatic heterocycles. The molecule has 2 atom stereocenters. The Morgan fingerprint density at radius 1 is 0.929 bits per heavy atom. The lowest BCUT2D eigenvalue weighted by Crippen LogP contribution is -2.43. The second-order valence-corrected chi connectivity index (χ2v) is 6.86. The fourth-order valence-electron chi connectivity index (χ4n) is 4.44. The van der Waals surface area contributed by atoms with Crippen LogP contribution in [0.15, 0.2) is 0 Å². The topological polar surface area (TPSA) is 3.24 Å². The van der Waals surface area contributed by atoms with Crippen molar-refractivity contribution < 1.29 is 0 Å². The summed E-state index contributed by atoms with van der Waals surface area (Å²) < 4.78 is 0. The fourth-order valence-corrected chi connectivity index (χ4v) is 4.44. The third kappa shape index (κ3) is 1.81. The molecule has 0 radical (unpaired) electrons. The first kappa shape index (κ1) is 12.3. The summed E-state index contributed by atoms with van der Waals surface area (Å²) in [4.78, 5) is 2.59. The SMILES string of the molecule is CN1CC2(C)CC(C)(C)CC1(C)C2.Cl. The van der Waals surface area contributed by atoms with Crippen molar-refractivity contribution >= 4 is 12.4 Å². The summed E-state index contributed by atoms with van der Waals surface area (Å²) in [6, 6.07) is 0. The molecule has 1 saturated carbocycles. The van der Waals surface area contributed by atoms with Crippen molar-refractivity contribution in [1.29, 1.82) is 0 Å². The molecule has 1 heterocycles. The molecule has 2 bridgehead atoms. The maximum Gasteiger partial charge on any atom is 0.0189 e. The van der Waals surface area contributed by atoms with E-state index in [2.05, 4.69) is 39.6 Å². The maximum absolute atomic E-state index is 2.59. The minimum absolute atomic E-state index is 0. The number of nitrogens with zero attached hydrogens (tertiary/aromatic N) is 1. The van der Waals surface area contributed by atoms with Gasteiger partial charge in [-0.1, -0.05) is 20.8 Å². The average molecular weight is 218 g/mol. The Hall–Kier alpha value is 0.250. The van der Waals surface area contributed by atoms with E-state index >= 15 is 0 Å². The summed E-state index contributed by atoms with van der Waals surface area (Å²) in [5, 5.41) is 0. The van der Waals surface area contributed by atoms with Crippen LogP contribution in [0, 0.1) is 10.8 Å². The molecule has 84 valence electrons. The van der Waals surface area contributed by atoms with Gasteiger partial charge in [0.2, 0.25) is 0 Å². The molecule has 1 nitrogen and oxygen atoms in total. The molecule has 2 fully saturated rings. The molecule has 0 N–H and O–H groups in total. The van der Waals surface area contributed by atoms with Gasteiger partial charge in [0, 0.05) is 12.1 Å². The van der Waals surface area contributed by atoms with Crippen LogP contribution in [-0.4, -0.2) is 24.0 Å². The Bertz CT molecular complexity index is 234. The Balaban J connectivity index is 0.000000980. The number of hydrogen-bond acceptors (Lipinski definition) is 1. The molecule has 2 unspecified atom stereocenters. The highest BCUT2D eigenvalue weighted by Crippen LogP contribution is 2.56. The van der Waals surface area contributed by atoms with Gasteiger partial charge in [0.05, 0.1) is 0 Å². The van der Waals surface area contributed by atoms with E-state index in [4.69, 9.17) is 0 Å². The van der Waals surface area contributed by atoms with Crippen LogP contribution in [0.2, 0.25) is 0 Å². The summed E-state index contributed by atoms with van der Waals surface area (Å²) in [7, 11) is 2.30. The lowest BCUT2D eigenvalue weighted by Gasteiger charge is -2.45. The molecule has 1 aliphatic heterocycles. The largest absolute Gasteiger partial charge is 0.300 e. The highest BCUT2D eigenvalue weighted by molar-refractivity contribution is 5.85. The minimum atomic E-state index is 0. The van der Waals surface area contributed by atoms with Crippen molar-refractivity contribution in [2.45, 2.75) is 52.5 Å². The number of halogens is 1. The maximum atomic E-state index is 2.59. The monoisotopic (exact) mass is 217 g/mol. The van der Waals surface area contributed by atoms with Gasteiger partial charge in [-0.25, -0.2) is 0 Å². The molecular formula is C12H24ClN. The molecule has 14 heavy (non-hydrogen) atoms. The summed E-state index contributed by atoms with van der Waals surface area (Å²) in [5.74, 6) is 0. The van der Waals surface area contributed by atoms with E-state index in [1.165, 1.54) is 25.8 Å². The smallest absolute Gasteiger partial charge is 0.0189 e. The van der Waals surface area contributed by atoms with Gasteiger partial charge in [-0.2, -0.15) is 0 Å². The molecule has 1 saturated heterocycles. The van der Waals surface area contributed by atoms with Crippen LogP contribution >= 0.6 is 12.4 Å². The van der Waals surface area contributed by atoms with E-state index in [9.17, 15) is 0 Å².